The molecule has 0 unspecified atom stereocenters. The second-order valence-electron chi connectivity index (χ2n) is 6.18. The van der Waals surface area contributed by atoms with E-state index in [4.69, 9.17) is 5.11 Å². The number of aliphatic hydroxyl groups excluding tert-OH is 1. The number of carbonyl (C=O) groups is 1. The van der Waals surface area contributed by atoms with E-state index in [1.54, 1.807) is 11.8 Å². The van der Waals surface area contributed by atoms with E-state index < -0.39 is 0 Å². The molecule has 17 heavy (non-hydrogen) atoms. The molecule has 0 spiro atoms. The zero-order chi connectivity index (χ0) is 13.5. The van der Waals surface area contributed by atoms with E-state index in [0.29, 0.717) is 12.3 Å². The summed E-state index contributed by atoms with van der Waals surface area (Å²) in [5, 5.41) is 12.0. The molecule has 0 atom stereocenters. The van der Waals surface area contributed by atoms with Crippen molar-refractivity contribution in [3.63, 3.8) is 0 Å². The van der Waals surface area contributed by atoms with E-state index in [0.717, 1.165) is 12.8 Å². The fourth-order valence-electron chi connectivity index (χ4n) is 1.21. The Morgan fingerprint density at radius 3 is 2.29 bits per heavy atom. The molecule has 3 nitrogen and oxygen atoms in total. The topological polar surface area (TPSA) is 49.3 Å². The third-order valence-electron chi connectivity index (χ3n) is 2.42. The van der Waals surface area contributed by atoms with Crippen LogP contribution < -0.4 is 5.32 Å². The van der Waals surface area contributed by atoms with Crippen molar-refractivity contribution in [2.75, 3.05) is 18.9 Å². The largest absolute Gasteiger partial charge is 0.396 e. The van der Waals surface area contributed by atoms with Gasteiger partial charge in [-0.05, 0) is 18.3 Å². The highest BCUT2D eigenvalue weighted by atomic mass is 32.2. The molecule has 0 aliphatic rings. The van der Waals surface area contributed by atoms with Crippen LogP contribution in [-0.2, 0) is 4.79 Å². The maximum atomic E-state index is 11.5. The summed E-state index contributed by atoms with van der Waals surface area (Å²) in [6.45, 7) is 11.3. The Kier molecular flexibility index (Phi) is 7.17. The lowest BCUT2D eigenvalue weighted by Gasteiger charge is -2.21. The van der Waals surface area contributed by atoms with Crippen molar-refractivity contribution in [2.45, 2.75) is 52.2 Å². The smallest absolute Gasteiger partial charge is 0.230 e. The number of hydrogen-bond donors (Lipinski definition) is 2. The van der Waals surface area contributed by atoms with E-state index in [9.17, 15) is 4.79 Å². The average molecular weight is 261 g/mol. The van der Waals surface area contributed by atoms with Gasteiger partial charge in [-0.2, -0.15) is 0 Å². The lowest BCUT2D eigenvalue weighted by molar-refractivity contribution is -0.118. The standard InChI is InChI=1S/C13H27NO2S/c1-12(2,3)17-9-11(16)14-8-6-7-13(4,5)10-15/h15H,6-10H2,1-5H3,(H,14,16). The predicted molar refractivity (Wildman–Crippen MR) is 75.3 cm³/mol. The molecule has 0 aromatic heterocycles. The highest BCUT2D eigenvalue weighted by molar-refractivity contribution is 8.01. The van der Waals surface area contributed by atoms with E-state index in [-0.39, 0.29) is 22.7 Å². The molecule has 0 heterocycles. The number of nitrogens with one attached hydrogen (secondary N) is 1. The van der Waals surface area contributed by atoms with Gasteiger partial charge < -0.3 is 10.4 Å². The molecule has 102 valence electrons. The molecule has 2 N–H and O–H groups in total. The molecule has 0 fully saturated rings. The van der Waals surface area contributed by atoms with Gasteiger partial charge in [0.2, 0.25) is 5.91 Å². The fraction of sp³-hybridized carbons (Fsp3) is 0.923. The molecule has 0 rings (SSSR count). The first-order chi connectivity index (χ1) is 7.66. The van der Waals surface area contributed by atoms with Gasteiger partial charge in [-0.3, -0.25) is 4.79 Å². The van der Waals surface area contributed by atoms with Crippen molar-refractivity contribution in [3.05, 3.63) is 0 Å². The Morgan fingerprint density at radius 1 is 1.24 bits per heavy atom. The highest BCUT2D eigenvalue weighted by Crippen LogP contribution is 2.22. The Balaban J connectivity index is 3.59. The number of rotatable bonds is 7. The van der Waals surface area contributed by atoms with E-state index in [1.165, 1.54) is 0 Å². The van der Waals surface area contributed by atoms with Gasteiger partial charge in [-0.25, -0.2) is 0 Å². The minimum absolute atomic E-state index is 0.0368. The molecule has 0 aliphatic heterocycles. The maximum absolute atomic E-state index is 11.5. The van der Waals surface area contributed by atoms with Crippen LogP contribution in [0.3, 0.4) is 0 Å². The molecule has 0 aromatic rings. The first-order valence-corrected chi connectivity index (χ1v) is 7.16. The second-order valence-corrected chi connectivity index (χ2v) is 7.98. The lowest BCUT2D eigenvalue weighted by Crippen LogP contribution is -2.29. The van der Waals surface area contributed by atoms with Gasteiger partial charge in [0.25, 0.3) is 0 Å². The van der Waals surface area contributed by atoms with Crippen LogP contribution in [0.15, 0.2) is 0 Å². The normalized spacial score (nSPS) is 12.6. The van der Waals surface area contributed by atoms with Crippen molar-refractivity contribution >= 4 is 17.7 Å². The molecule has 0 bridgehead atoms. The third-order valence-corrected chi connectivity index (χ3v) is 3.69. The van der Waals surface area contributed by atoms with Gasteiger partial charge >= 0.3 is 0 Å². The van der Waals surface area contributed by atoms with Crippen LogP contribution in [0.4, 0.5) is 0 Å². The second kappa shape index (κ2) is 7.27. The Hall–Kier alpha value is -0.220. The van der Waals surface area contributed by atoms with Crippen molar-refractivity contribution < 1.29 is 9.90 Å². The zero-order valence-corrected chi connectivity index (χ0v) is 12.6. The minimum Gasteiger partial charge on any atom is -0.396 e. The summed E-state index contributed by atoms with van der Waals surface area (Å²) >= 11 is 1.66. The Labute approximate surface area is 110 Å². The van der Waals surface area contributed by atoms with Gasteiger partial charge in [-0.15, -0.1) is 11.8 Å². The number of hydrogen-bond acceptors (Lipinski definition) is 3. The van der Waals surface area contributed by atoms with Gasteiger partial charge in [0.15, 0.2) is 0 Å². The van der Waals surface area contributed by atoms with Crippen LogP contribution in [0, 0.1) is 5.41 Å². The third kappa shape index (κ3) is 10.6. The summed E-state index contributed by atoms with van der Waals surface area (Å²) in [5.41, 5.74) is -0.0368. The summed E-state index contributed by atoms with van der Waals surface area (Å²) < 4.78 is 0.135. The molecule has 1 amide bonds. The molecule has 0 saturated carbocycles. The van der Waals surface area contributed by atoms with Crippen molar-refractivity contribution in [1.82, 2.24) is 5.32 Å². The van der Waals surface area contributed by atoms with Crippen LogP contribution in [0.25, 0.3) is 0 Å². The molecular formula is C13H27NO2S. The van der Waals surface area contributed by atoms with Crippen LogP contribution in [0.1, 0.15) is 47.5 Å². The van der Waals surface area contributed by atoms with Crippen LogP contribution in [0.5, 0.6) is 0 Å². The number of carbonyl (C=O) groups excluding carboxylic acids is 1. The highest BCUT2D eigenvalue weighted by Gasteiger charge is 2.16. The van der Waals surface area contributed by atoms with Crippen molar-refractivity contribution in [1.29, 1.82) is 0 Å². The number of thioether (sulfide) groups is 1. The summed E-state index contributed by atoms with van der Waals surface area (Å²) in [5.74, 6) is 0.624. The van der Waals surface area contributed by atoms with Crippen LogP contribution in [0.2, 0.25) is 0 Å². The predicted octanol–water partition coefficient (Wildman–Crippen LogP) is 2.43. The maximum Gasteiger partial charge on any atom is 0.230 e. The number of amides is 1. The molecule has 0 aliphatic carbocycles. The Morgan fingerprint density at radius 2 is 1.82 bits per heavy atom. The summed E-state index contributed by atoms with van der Waals surface area (Å²) in [6.07, 6.45) is 1.84. The lowest BCUT2D eigenvalue weighted by atomic mass is 9.89. The molecule has 4 heteroatoms. The molecule has 0 saturated heterocycles. The molecular weight excluding hydrogens is 234 g/mol. The Bertz CT molecular complexity index is 234. The van der Waals surface area contributed by atoms with Crippen LogP contribution >= 0.6 is 11.8 Å². The quantitative estimate of drug-likeness (QED) is 0.692. The summed E-state index contributed by atoms with van der Waals surface area (Å²) in [4.78, 5) is 11.5. The van der Waals surface area contributed by atoms with Gasteiger partial charge in [0.05, 0.1) is 5.75 Å². The van der Waals surface area contributed by atoms with E-state index in [2.05, 4.69) is 26.1 Å². The minimum atomic E-state index is -0.0368. The van der Waals surface area contributed by atoms with Crippen molar-refractivity contribution in [2.24, 2.45) is 5.41 Å². The average Bonchev–Trinajstić information content (AvgIpc) is 2.20. The van der Waals surface area contributed by atoms with Gasteiger partial charge in [0, 0.05) is 17.9 Å². The van der Waals surface area contributed by atoms with E-state index in [1.807, 2.05) is 13.8 Å². The fourth-order valence-corrected chi connectivity index (χ4v) is 1.87. The zero-order valence-electron chi connectivity index (χ0n) is 11.8. The first-order valence-electron chi connectivity index (χ1n) is 6.18. The van der Waals surface area contributed by atoms with Crippen LogP contribution in [-0.4, -0.2) is 34.7 Å². The first kappa shape index (κ1) is 16.8. The van der Waals surface area contributed by atoms with Gasteiger partial charge in [-0.1, -0.05) is 34.6 Å². The van der Waals surface area contributed by atoms with Crippen molar-refractivity contribution in [3.8, 4) is 0 Å². The number of aliphatic hydroxyl groups is 1. The summed E-state index contributed by atoms with van der Waals surface area (Å²) in [6, 6.07) is 0. The molecule has 0 aromatic carbocycles. The van der Waals surface area contributed by atoms with E-state index >= 15 is 0 Å². The summed E-state index contributed by atoms with van der Waals surface area (Å²) in [7, 11) is 0. The van der Waals surface area contributed by atoms with Gasteiger partial charge in [0.1, 0.15) is 0 Å². The monoisotopic (exact) mass is 261 g/mol. The SMILES string of the molecule is CC(C)(CO)CCCNC(=O)CSC(C)(C)C. The molecule has 0 radical (unpaired) electrons.